The number of nitrogens with one attached hydrogen (secondary N) is 2. The Balaban J connectivity index is 2.48. The normalized spacial score (nSPS) is 10.1. The lowest BCUT2D eigenvalue weighted by Crippen LogP contribution is -2.25. The molecule has 0 radical (unpaired) electrons. The van der Waals surface area contributed by atoms with Crippen LogP contribution in [0.3, 0.4) is 0 Å². The van der Waals surface area contributed by atoms with Gasteiger partial charge in [-0.25, -0.2) is 0 Å². The molecule has 0 aliphatic carbocycles. The van der Waals surface area contributed by atoms with Crippen molar-refractivity contribution in [1.29, 1.82) is 0 Å². The molecule has 0 spiro atoms. The summed E-state index contributed by atoms with van der Waals surface area (Å²) in [5, 5.41) is 5.76. The number of ether oxygens (including phenoxy) is 2. The first-order chi connectivity index (χ1) is 8.77. The Bertz CT molecular complexity index is 369. The van der Waals surface area contributed by atoms with Crippen LogP contribution in [0, 0.1) is 0 Å². The van der Waals surface area contributed by atoms with Gasteiger partial charge in [0.1, 0.15) is 5.75 Å². The summed E-state index contributed by atoms with van der Waals surface area (Å²) in [5.74, 6) is 0.586. The number of rotatable bonds is 8. The number of amides is 1. The van der Waals surface area contributed by atoms with E-state index in [-0.39, 0.29) is 12.5 Å². The van der Waals surface area contributed by atoms with Crippen molar-refractivity contribution in [1.82, 2.24) is 10.6 Å². The van der Waals surface area contributed by atoms with E-state index in [1.54, 1.807) is 14.2 Å². The number of para-hydroxylation sites is 1. The third-order valence-electron chi connectivity index (χ3n) is 2.41. The molecular weight excluding hydrogens is 232 g/mol. The van der Waals surface area contributed by atoms with Crippen LogP contribution in [0.4, 0.5) is 0 Å². The van der Waals surface area contributed by atoms with Gasteiger partial charge in [0.2, 0.25) is 0 Å². The van der Waals surface area contributed by atoms with E-state index in [2.05, 4.69) is 10.6 Å². The number of carbonyl (C=O) groups is 1. The van der Waals surface area contributed by atoms with Crippen LogP contribution in [0.5, 0.6) is 5.75 Å². The Kier molecular flexibility index (Phi) is 6.83. The van der Waals surface area contributed by atoms with E-state index in [9.17, 15) is 4.79 Å². The first kappa shape index (κ1) is 14.5. The van der Waals surface area contributed by atoms with Gasteiger partial charge in [-0.1, -0.05) is 18.2 Å². The second-order valence-electron chi connectivity index (χ2n) is 3.74. The minimum atomic E-state index is -0.142. The van der Waals surface area contributed by atoms with Gasteiger partial charge in [-0.3, -0.25) is 4.79 Å². The summed E-state index contributed by atoms with van der Waals surface area (Å²) >= 11 is 0. The summed E-state index contributed by atoms with van der Waals surface area (Å²) in [6.45, 7) is 2.17. The van der Waals surface area contributed by atoms with E-state index in [4.69, 9.17) is 9.47 Å². The van der Waals surface area contributed by atoms with Crippen molar-refractivity contribution in [2.75, 3.05) is 33.9 Å². The molecule has 0 heterocycles. The molecular formula is C13H20N2O3. The number of likely N-dealkylation sites (N-methyl/N-ethyl adjacent to an activating group) is 1. The Morgan fingerprint density at radius 2 is 2.11 bits per heavy atom. The van der Waals surface area contributed by atoms with Crippen LogP contribution in [0.25, 0.3) is 0 Å². The molecule has 2 N–H and O–H groups in total. The number of carbonyl (C=O) groups excluding carboxylic acids is 1. The monoisotopic (exact) mass is 252 g/mol. The summed E-state index contributed by atoms with van der Waals surface area (Å²) in [5.41, 5.74) is 1.03. The maximum Gasteiger partial charge on any atom is 0.257 e. The van der Waals surface area contributed by atoms with E-state index in [0.29, 0.717) is 13.2 Å². The maximum absolute atomic E-state index is 11.1. The maximum atomic E-state index is 11.1. The molecule has 0 unspecified atom stereocenters. The zero-order chi connectivity index (χ0) is 13.2. The second kappa shape index (κ2) is 8.49. The molecule has 0 aromatic heterocycles. The van der Waals surface area contributed by atoms with Crippen LogP contribution in [0.15, 0.2) is 24.3 Å². The molecule has 1 amide bonds. The molecule has 0 aliphatic rings. The average Bonchev–Trinajstić information content (AvgIpc) is 2.42. The number of hydrogen-bond acceptors (Lipinski definition) is 4. The minimum Gasteiger partial charge on any atom is -0.483 e. The van der Waals surface area contributed by atoms with E-state index >= 15 is 0 Å². The Morgan fingerprint density at radius 3 is 2.83 bits per heavy atom. The Labute approximate surface area is 107 Å². The predicted molar refractivity (Wildman–Crippen MR) is 69.6 cm³/mol. The van der Waals surface area contributed by atoms with Gasteiger partial charge in [0.25, 0.3) is 5.91 Å². The molecule has 1 rings (SSSR count). The molecule has 0 saturated carbocycles. The first-order valence-corrected chi connectivity index (χ1v) is 5.89. The zero-order valence-electron chi connectivity index (χ0n) is 10.9. The van der Waals surface area contributed by atoms with Crippen molar-refractivity contribution in [3.05, 3.63) is 29.8 Å². The molecule has 0 fully saturated rings. The van der Waals surface area contributed by atoms with Crippen molar-refractivity contribution in [3.63, 3.8) is 0 Å². The highest BCUT2D eigenvalue weighted by Crippen LogP contribution is 2.17. The van der Waals surface area contributed by atoms with Crippen LogP contribution < -0.4 is 15.4 Å². The van der Waals surface area contributed by atoms with Gasteiger partial charge in [-0.2, -0.15) is 0 Å². The SMILES string of the molecule is CNC(=O)COc1ccccc1CNCCOC. The summed E-state index contributed by atoms with van der Waals surface area (Å²) < 4.78 is 10.4. The van der Waals surface area contributed by atoms with Crippen molar-refractivity contribution < 1.29 is 14.3 Å². The predicted octanol–water partition coefficient (Wildman–Crippen LogP) is 0.547. The van der Waals surface area contributed by atoms with E-state index < -0.39 is 0 Å². The van der Waals surface area contributed by atoms with Crippen LogP contribution in [-0.4, -0.2) is 39.8 Å². The summed E-state index contributed by atoms with van der Waals surface area (Å²) in [4.78, 5) is 11.1. The van der Waals surface area contributed by atoms with Crippen LogP contribution in [-0.2, 0) is 16.1 Å². The third-order valence-corrected chi connectivity index (χ3v) is 2.41. The van der Waals surface area contributed by atoms with Gasteiger partial charge in [0, 0.05) is 32.8 Å². The molecule has 5 heteroatoms. The Morgan fingerprint density at radius 1 is 1.33 bits per heavy atom. The molecule has 0 bridgehead atoms. The van der Waals surface area contributed by atoms with Gasteiger partial charge in [0.15, 0.2) is 6.61 Å². The summed E-state index contributed by atoms with van der Waals surface area (Å²) in [7, 11) is 3.26. The van der Waals surface area contributed by atoms with Crippen molar-refractivity contribution >= 4 is 5.91 Å². The molecule has 18 heavy (non-hydrogen) atoms. The fourth-order valence-corrected chi connectivity index (χ4v) is 1.40. The third kappa shape index (κ3) is 5.16. The molecule has 0 aliphatic heterocycles. The highest BCUT2D eigenvalue weighted by molar-refractivity contribution is 5.77. The highest BCUT2D eigenvalue weighted by atomic mass is 16.5. The molecule has 5 nitrogen and oxygen atoms in total. The average molecular weight is 252 g/mol. The number of hydrogen-bond donors (Lipinski definition) is 2. The van der Waals surface area contributed by atoms with E-state index in [0.717, 1.165) is 17.9 Å². The standard InChI is InChI=1S/C13H20N2O3/c1-14-13(16)10-18-12-6-4-3-5-11(12)9-15-7-8-17-2/h3-6,15H,7-10H2,1-2H3,(H,14,16). The molecule has 1 aromatic rings. The van der Waals surface area contributed by atoms with Gasteiger partial charge in [-0.15, -0.1) is 0 Å². The van der Waals surface area contributed by atoms with Gasteiger partial charge in [-0.05, 0) is 6.07 Å². The fourth-order valence-electron chi connectivity index (χ4n) is 1.40. The molecule has 100 valence electrons. The minimum absolute atomic E-state index is 0.0333. The first-order valence-electron chi connectivity index (χ1n) is 5.89. The lowest BCUT2D eigenvalue weighted by Gasteiger charge is -2.11. The van der Waals surface area contributed by atoms with Crippen LogP contribution in [0.2, 0.25) is 0 Å². The zero-order valence-corrected chi connectivity index (χ0v) is 10.9. The van der Waals surface area contributed by atoms with Crippen molar-refractivity contribution in [3.8, 4) is 5.75 Å². The van der Waals surface area contributed by atoms with Crippen molar-refractivity contribution in [2.24, 2.45) is 0 Å². The number of benzene rings is 1. The topological polar surface area (TPSA) is 59.6 Å². The molecule has 0 saturated heterocycles. The van der Waals surface area contributed by atoms with Gasteiger partial charge in [0.05, 0.1) is 6.61 Å². The lowest BCUT2D eigenvalue weighted by atomic mass is 10.2. The number of methoxy groups -OCH3 is 1. The quantitative estimate of drug-likeness (QED) is 0.663. The summed E-state index contributed by atoms with van der Waals surface area (Å²) in [6.07, 6.45) is 0. The van der Waals surface area contributed by atoms with Gasteiger partial charge >= 0.3 is 0 Å². The van der Waals surface area contributed by atoms with Crippen LogP contribution >= 0.6 is 0 Å². The van der Waals surface area contributed by atoms with E-state index in [1.807, 2.05) is 24.3 Å². The fraction of sp³-hybridized carbons (Fsp3) is 0.462. The van der Waals surface area contributed by atoms with Crippen LogP contribution in [0.1, 0.15) is 5.56 Å². The van der Waals surface area contributed by atoms with E-state index in [1.165, 1.54) is 0 Å². The second-order valence-corrected chi connectivity index (χ2v) is 3.74. The van der Waals surface area contributed by atoms with Gasteiger partial charge < -0.3 is 20.1 Å². The molecule has 1 aromatic carbocycles. The lowest BCUT2D eigenvalue weighted by molar-refractivity contribution is -0.122. The highest BCUT2D eigenvalue weighted by Gasteiger charge is 2.04. The Hall–Kier alpha value is -1.59. The summed E-state index contributed by atoms with van der Waals surface area (Å²) in [6, 6.07) is 7.66. The largest absolute Gasteiger partial charge is 0.483 e. The molecule has 0 atom stereocenters. The smallest absolute Gasteiger partial charge is 0.257 e. The van der Waals surface area contributed by atoms with Crippen molar-refractivity contribution in [2.45, 2.75) is 6.54 Å².